The largest absolute Gasteiger partial charge is 0.324 e. The third-order valence-corrected chi connectivity index (χ3v) is 1.55. The number of pyridine rings is 1. The number of carbonyl (C=O) groups is 1. The van der Waals surface area contributed by atoms with Crippen molar-refractivity contribution < 1.29 is 9.18 Å². The van der Waals surface area contributed by atoms with Crippen LogP contribution in [0, 0.1) is 5.95 Å². The highest BCUT2D eigenvalue weighted by molar-refractivity contribution is 5.91. The number of aromatic nitrogens is 1. The molecule has 1 aromatic rings. The molecule has 0 saturated heterocycles. The van der Waals surface area contributed by atoms with Crippen molar-refractivity contribution >= 4 is 11.6 Å². The van der Waals surface area contributed by atoms with E-state index in [1.54, 1.807) is 0 Å². The Morgan fingerprint density at radius 1 is 1.57 bits per heavy atom. The van der Waals surface area contributed by atoms with Crippen LogP contribution in [0.25, 0.3) is 0 Å². The zero-order chi connectivity index (χ0) is 10.4. The summed E-state index contributed by atoms with van der Waals surface area (Å²) in [6.07, 6.45) is 1.28. The van der Waals surface area contributed by atoms with Gasteiger partial charge < -0.3 is 10.6 Å². The lowest BCUT2D eigenvalue weighted by Gasteiger charge is -2.04. The monoisotopic (exact) mass is 197 g/mol. The van der Waals surface area contributed by atoms with Gasteiger partial charge in [0.05, 0.1) is 18.4 Å². The van der Waals surface area contributed by atoms with E-state index in [2.05, 4.69) is 15.6 Å². The van der Waals surface area contributed by atoms with E-state index in [0.29, 0.717) is 5.69 Å². The molecule has 1 amide bonds. The predicted octanol–water partition coefficient (Wildman–Crippen LogP) is 0.769. The number of rotatable bonds is 4. The van der Waals surface area contributed by atoms with Crippen LogP contribution in [0.5, 0.6) is 0 Å². The van der Waals surface area contributed by atoms with Crippen LogP contribution in [-0.4, -0.2) is 24.0 Å². The van der Waals surface area contributed by atoms with E-state index in [1.807, 2.05) is 6.92 Å². The van der Waals surface area contributed by atoms with Gasteiger partial charge in [0.15, 0.2) is 0 Å². The van der Waals surface area contributed by atoms with E-state index >= 15 is 0 Å². The minimum Gasteiger partial charge on any atom is -0.324 e. The molecule has 4 nitrogen and oxygen atoms in total. The standard InChI is InChI=1S/C9H12FN3O/c1-2-11-6-9(14)13-7-3-4-8(10)12-5-7/h3-5,11H,2,6H2,1H3,(H,13,14). The molecule has 0 atom stereocenters. The highest BCUT2D eigenvalue weighted by Crippen LogP contribution is 2.04. The first-order chi connectivity index (χ1) is 6.72. The molecule has 0 aliphatic rings. The van der Waals surface area contributed by atoms with Crippen molar-refractivity contribution in [3.8, 4) is 0 Å². The molecule has 0 unspecified atom stereocenters. The summed E-state index contributed by atoms with van der Waals surface area (Å²) in [5, 5.41) is 5.45. The fourth-order valence-electron chi connectivity index (χ4n) is 0.893. The van der Waals surface area contributed by atoms with Crippen LogP contribution in [0.3, 0.4) is 0 Å². The quantitative estimate of drug-likeness (QED) is 0.701. The summed E-state index contributed by atoms with van der Waals surface area (Å²) in [4.78, 5) is 14.6. The fraction of sp³-hybridized carbons (Fsp3) is 0.333. The lowest BCUT2D eigenvalue weighted by Crippen LogP contribution is -2.27. The summed E-state index contributed by atoms with van der Waals surface area (Å²) in [5.74, 6) is -0.727. The number of halogens is 1. The molecule has 0 aliphatic carbocycles. The average Bonchev–Trinajstić information content (AvgIpc) is 2.18. The number of likely N-dealkylation sites (N-methyl/N-ethyl adjacent to an activating group) is 1. The minimum absolute atomic E-state index is 0.166. The molecule has 1 rings (SSSR count). The molecule has 0 radical (unpaired) electrons. The van der Waals surface area contributed by atoms with E-state index in [4.69, 9.17) is 0 Å². The highest BCUT2D eigenvalue weighted by atomic mass is 19.1. The van der Waals surface area contributed by atoms with Crippen LogP contribution >= 0.6 is 0 Å². The van der Waals surface area contributed by atoms with E-state index in [1.165, 1.54) is 18.3 Å². The zero-order valence-electron chi connectivity index (χ0n) is 7.88. The van der Waals surface area contributed by atoms with Crippen molar-refractivity contribution in [1.82, 2.24) is 10.3 Å². The van der Waals surface area contributed by atoms with Gasteiger partial charge in [-0.2, -0.15) is 4.39 Å². The maximum atomic E-state index is 12.4. The van der Waals surface area contributed by atoms with Crippen molar-refractivity contribution in [1.29, 1.82) is 0 Å². The molecule has 0 aliphatic heterocycles. The number of anilines is 1. The molecule has 0 spiro atoms. The number of carbonyl (C=O) groups excluding carboxylic acids is 1. The topological polar surface area (TPSA) is 54.0 Å². The number of amides is 1. The minimum atomic E-state index is -0.560. The van der Waals surface area contributed by atoms with E-state index < -0.39 is 5.95 Å². The van der Waals surface area contributed by atoms with Crippen LogP contribution in [0.2, 0.25) is 0 Å². The van der Waals surface area contributed by atoms with E-state index in [-0.39, 0.29) is 12.5 Å². The first-order valence-corrected chi connectivity index (χ1v) is 4.34. The summed E-state index contributed by atoms with van der Waals surface area (Å²) in [6, 6.07) is 2.66. The summed E-state index contributed by atoms with van der Waals surface area (Å²) < 4.78 is 12.4. The third-order valence-electron chi connectivity index (χ3n) is 1.55. The average molecular weight is 197 g/mol. The normalized spacial score (nSPS) is 9.86. The molecule has 0 saturated carbocycles. The van der Waals surface area contributed by atoms with E-state index in [0.717, 1.165) is 6.54 Å². The first kappa shape index (κ1) is 10.6. The van der Waals surface area contributed by atoms with Crippen LogP contribution in [0.4, 0.5) is 10.1 Å². The maximum absolute atomic E-state index is 12.4. The fourth-order valence-corrected chi connectivity index (χ4v) is 0.893. The number of hydrogen-bond acceptors (Lipinski definition) is 3. The molecular weight excluding hydrogens is 185 g/mol. The lowest BCUT2D eigenvalue weighted by molar-refractivity contribution is -0.115. The summed E-state index contributed by atoms with van der Waals surface area (Å²) in [7, 11) is 0. The Kier molecular flexibility index (Phi) is 4.00. The second kappa shape index (κ2) is 5.29. The molecule has 76 valence electrons. The Labute approximate surface area is 81.5 Å². The van der Waals surface area contributed by atoms with Gasteiger partial charge in [-0.25, -0.2) is 4.98 Å². The molecule has 1 heterocycles. The molecule has 2 N–H and O–H groups in total. The second-order valence-corrected chi connectivity index (χ2v) is 2.70. The van der Waals surface area contributed by atoms with Gasteiger partial charge in [-0.15, -0.1) is 0 Å². The van der Waals surface area contributed by atoms with Crippen LogP contribution in [0.1, 0.15) is 6.92 Å². The SMILES string of the molecule is CCNCC(=O)Nc1ccc(F)nc1. The third kappa shape index (κ3) is 3.49. The Bertz CT molecular complexity index is 299. The number of nitrogens with one attached hydrogen (secondary N) is 2. The molecule has 1 aromatic heterocycles. The molecule has 14 heavy (non-hydrogen) atoms. The Morgan fingerprint density at radius 2 is 2.36 bits per heavy atom. The van der Waals surface area contributed by atoms with Crippen molar-refractivity contribution in [2.24, 2.45) is 0 Å². The van der Waals surface area contributed by atoms with Gasteiger partial charge in [0.25, 0.3) is 0 Å². The number of nitrogens with zero attached hydrogens (tertiary/aromatic N) is 1. The van der Waals surface area contributed by atoms with Crippen LogP contribution < -0.4 is 10.6 Å². The molecular formula is C9H12FN3O. The molecule has 5 heteroatoms. The zero-order valence-corrected chi connectivity index (χ0v) is 7.88. The maximum Gasteiger partial charge on any atom is 0.238 e. The van der Waals surface area contributed by atoms with Gasteiger partial charge in [-0.3, -0.25) is 4.79 Å². The molecule has 0 fully saturated rings. The van der Waals surface area contributed by atoms with Crippen molar-refractivity contribution in [2.75, 3.05) is 18.4 Å². The van der Waals surface area contributed by atoms with Gasteiger partial charge in [0.2, 0.25) is 11.9 Å². The van der Waals surface area contributed by atoms with Gasteiger partial charge in [-0.1, -0.05) is 6.92 Å². The van der Waals surface area contributed by atoms with Crippen LogP contribution in [-0.2, 0) is 4.79 Å². The lowest BCUT2D eigenvalue weighted by atomic mass is 10.4. The molecule has 0 aromatic carbocycles. The Balaban J connectivity index is 2.44. The van der Waals surface area contributed by atoms with Gasteiger partial charge in [0, 0.05) is 0 Å². The number of hydrogen-bond donors (Lipinski definition) is 2. The van der Waals surface area contributed by atoms with Crippen molar-refractivity contribution in [2.45, 2.75) is 6.92 Å². The van der Waals surface area contributed by atoms with Crippen molar-refractivity contribution in [3.05, 3.63) is 24.3 Å². The summed E-state index contributed by atoms with van der Waals surface area (Å²) >= 11 is 0. The highest BCUT2D eigenvalue weighted by Gasteiger charge is 2.00. The summed E-state index contributed by atoms with van der Waals surface area (Å²) in [6.45, 7) is 2.88. The predicted molar refractivity (Wildman–Crippen MR) is 51.4 cm³/mol. The van der Waals surface area contributed by atoms with E-state index in [9.17, 15) is 9.18 Å². The smallest absolute Gasteiger partial charge is 0.238 e. The van der Waals surface area contributed by atoms with Gasteiger partial charge >= 0.3 is 0 Å². The van der Waals surface area contributed by atoms with Crippen LogP contribution in [0.15, 0.2) is 18.3 Å². The first-order valence-electron chi connectivity index (χ1n) is 4.34. The van der Waals surface area contributed by atoms with Gasteiger partial charge in [-0.05, 0) is 18.7 Å². The Hall–Kier alpha value is -1.49. The Morgan fingerprint density at radius 3 is 2.93 bits per heavy atom. The second-order valence-electron chi connectivity index (χ2n) is 2.70. The van der Waals surface area contributed by atoms with Crippen molar-refractivity contribution in [3.63, 3.8) is 0 Å². The summed E-state index contributed by atoms with van der Waals surface area (Å²) in [5.41, 5.74) is 0.495. The van der Waals surface area contributed by atoms with Gasteiger partial charge in [0.1, 0.15) is 0 Å². The molecule has 0 bridgehead atoms.